The Labute approximate surface area is 237 Å². The van der Waals surface area contributed by atoms with Gasteiger partial charge in [-0.1, -0.05) is 56.0 Å². The number of carbonyl (C=O) groups excluding carboxylic acids is 1. The van der Waals surface area contributed by atoms with Crippen LogP contribution < -0.4 is 4.90 Å². The van der Waals surface area contributed by atoms with Gasteiger partial charge in [-0.15, -0.1) is 5.10 Å². The molecule has 1 fully saturated rings. The van der Waals surface area contributed by atoms with E-state index < -0.39 is 20.0 Å². The molecule has 0 spiro atoms. The third kappa shape index (κ3) is 5.61. The predicted octanol–water partition coefficient (Wildman–Crippen LogP) is 5.80. The van der Waals surface area contributed by atoms with Gasteiger partial charge in [0.15, 0.2) is 11.5 Å². The van der Waals surface area contributed by atoms with E-state index in [1.165, 1.54) is 11.0 Å². The number of anilines is 1. The molecule has 10 nitrogen and oxygen atoms in total. The minimum absolute atomic E-state index is 0.225. The van der Waals surface area contributed by atoms with Crippen LogP contribution in [-0.4, -0.2) is 56.7 Å². The van der Waals surface area contributed by atoms with E-state index in [0.29, 0.717) is 29.2 Å². The zero-order valence-electron chi connectivity index (χ0n) is 23.1. The van der Waals surface area contributed by atoms with Gasteiger partial charge in [-0.2, -0.15) is 5.10 Å². The minimum atomic E-state index is -1.18. The second kappa shape index (κ2) is 10.9. The van der Waals surface area contributed by atoms with Crippen LogP contribution in [0.1, 0.15) is 11.6 Å². The summed E-state index contributed by atoms with van der Waals surface area (Å²) in [6, 6.07) is 17.0. The highest BCUT2D eigenvalue weighted by molar-refractivity contribution is 6.76. The summed E-state index contributed by atoms with van der Waals surface area (Å²) in [6.45, 7) is 8.04. The van der Waals surface area contributed by atoms with Crippen LogP contribution in [0.25, 0.3) is 28.2 Å². The first-order valence-corrected chi connectivity index (χ1v) is 17.1. The van der Waals surface area contributed by atoms with E-state index in [2.05, 4.69) is 34.8 Å². The van der Waals surface area contributed by atoms with Crippen molar-refractivity contribution >= 4 is 25.6 Å². The molecule has 6 rings (SSSR count). The second-order valence-corrected chi connectivity index (χ2v) is 16.8. The number of benzene rings is 2. The van der Waals surface area contributed by atoms with Crippen molar-refractivity contribution in [1.29, 1.82) is 0 Å². The Morgan fingerprint density at radius 2 is 1.93 bits per heavy atom. The Hall–Kier alpha value is -4.42. The number of cyclic esters (lactones) is 1. The van der Waals surface area contributed by atoms with E-state index in [1.807, 2.05) is 30.3 Å². The minimum Gasteiger partial charge on any atom is -0.447 e. The zero-order chi connectivity index (χ0) is 28.6. The molecule has 1 atom stereocenters. The topological polar surface area (TPSA) is 99.7 Å². The summed E-state index contributed by atoms with van der Waals surface area (Å²) >= 11 is 0. The summed E-state index contributed by atoms with van der Waals surface area (Å²) in [5.41, 5.74) is 2.92. The monoisotopic (exact) mass is 571 g/mol. The molecule has 0 radical (unpaired) electrons. The molecule has 0 saturated carbocycles. The average molecular weight is 572 g/mol. The molecule has 5 aromatic rings. The molecular formula is C29H30FN7O3Si. The van der Waals surface area contributed by atoms with E-state index in [1.54, 1.807) is 46.1 Å². The summed E-state index contributed by atoms with van der Waals surface area (Å²) in [4.78, 5) is 23.2. The number of carbonyl (C=O) groups is 1. The fourth-order valence-electron chi connectivity index (χ4n) is 4.67. The van der Waals surface area contributed by atoms with Crippen LogP contribution in [0, 0.1) is 5.82 Å². The molecule has 1 amide bonds. The van der Waals surface area contributed by atoms with Gasteiger partial charge < -0.3 is 9.47 Å². The predicted molar refractivity (Wildman–Crippen MR) is 155 cm³/mol. The molecular weight excluding hydrogens is 541 g/mol. The van der Waals surface area contributed by atoms with Gasteiger partial charge in [0.05, 0.1) is 11.8 Å². The summed E-state index contributed by atoms with van der Waals surface area (Å²) in [6.07, 6.45) is 4.42. The molecule has 1 aliphatic heterocycles. The Kier molecular flexibility index (Phi) is 7.10. The molecule has 0 unspecified atom stereocenters. The molecule has 2 aromatic carbocycles. The maximum absolute atomic E-state index is 15.4. The number of amides is 1. The molecule has 0 aliphatic carbocycles. The normalized spacial score (nSPS) is 15.6. The highest BCUT2D eigenvalue weighted by atomic mass is 28.3. The van der Waals surface area contributed by atoms with Gasteiger partial charge in [0.1, 0.15) is 37.3 Å². The molecule has 3 aromatic heterocycles. The van der Waals surface area contributed by atoms with Crippen molar-refractivity contribution < 1.29 is 18.7 Å². The highest BCUT2D eigenvalue weighted by Gasteiger charge is 2.36. The number of rotatable bonds is 9. The Bertz CT molecular complexity index is 1700. The number of fused-ring (bicyclic) bond motifs is 1. The molecule has 41 heavy (non-hydrogen) atoms. The van der Waals surface area contributed by atoms with E-state index in [-0.39, 0.29) is 30.8 Å². The molecule has 12 heteroatoms. The molecule has 0 bridgehead atoms. The summed E-state index contributed by atoms with van der Waals surface area (Å²) in [7, 11) is -1.18. The van der Waals surface area contributed by atoms with Crippen molar-refractivity contribution in [3.05, 3.63) is 84.7 Å². The van der Waals surface area contributed by atoms with Crippen LogP contribution in [-0.2, 0) is 16.2 Å². The Balaban J connectivity index is 1.24. The first-order valence-electron chi connectivity index (χ1n) is 13.4. The van der Waals surface area contributed by atoms with Gasteiger partial charge in [-0.05, 0) is 35.4 Å². The smallest absolute Gasteiger partial charge is 0.416 e. The summed E-state index contributed by atoms with van der Waals surface area (Å²) < 4.78 is 29.6. The molecule has 1 saturated heterocycles. The van der Waals surface area contributed by atoms with Gasteiger partial charge in [-0.25, -0.2) is 28.4 Å². The number of halogens is 1. The largest absolute Gasteiger partial charge is 0.447 e. The quantitative estimate of drug-likeness (QED) is 0.163. The number of nitrogens with zero attached hydrogens (tertiary/aromatic N) is 7. The van der Waals surface area contributed by atoms with Crippen molar-refractivity contribution in [2.75, 3.05) is 18.1 Å². The molecule has 4 heterocycles. The lowest BCUT2D eigenvalue weighted by molar-refractivity contribution is 0.0784. The van der Waals surface area contributed by atoms with Crippen molar-refractivity contribution in [3.63, 3.8) is 0 Å². The van der Waals surface area contributed by atoms with Gasteiger partial charge >= 0.3 is 6.09 Å². The summed E-state index contributed by atoms with van der Waals surface area (Å²) in [5, 5.41) is 8.77. The van der Waals surface area contributed by atoms with Crippen molar-refractivity contribution in [3.8, 4) is 22.5 Å². The Morgan fingerprint density at radius 3 is 2.71 bits per heavy atom. The van der Waals surface area contributed by atoms with Gasteiger partial charge in [0, 0.05) is 26.4 Å². The van der Waals surface area contributed by atoms with E-state index in [9.17, 15) is 4.79 Å². The number of hydrogen-bond acceptors (Lipinski definition) is 7. The van der Waals surface area contributed by atoms with Crippen LogP contribution in [0.4, 0.5) is 15.0 Å². The maximum Gasteiger partial charge on any atom is 0.416 e. The van der Waals surface area contributed by atoms with Gasteiger partial charge in [0.25, 0.3) is 0 Å². The van der Waals surface area contributed by atoms with E-state index in [0.717, 1.165) is 11.6 Å². The number of ether oxygens (including phenoxy) is 2. The lowest BCUT2D eigenvalue weighted by Gasteiger charge is -2.20. The second-order valence-electron chi connectivity index (χ2n) is 11.1. The van der Waals surface area contributed by atoms with Crippen molar-refractivity contribution in [2.24, 2.45) is 0 Å². The fraction of sp³-hybridized carbons (Fsp3) is 0.276. The lowest BCUT2D eigenvalue weighted by atomic mass is 10.1. The van der Waals surface area contributed by atoms with Crippen LogP contribution >= 0.6 is 0 Å². The standard InChI is InChI=1S/C29H30FN7O3Si/c1-41(2,3)14-13-39-19-35-18-31-27(34-35)22-10-9-21(15-24(22)30)23-16-32-36-12-11-26(33-28(23)36)37-25(17-40-29(37)38)20-7-5-4-6-8-20/h4-12,15-16,18,25H,13-14,17,19H2,1-3H3/t25-/m1/s1. The van der Waals surface area contributed by atoms with Crippen LogP contribution in [0.15, 0.2) is 73.3 Å². The van der Waals surface area contributed by atoms with E-state index in [4.69, 9.17) is 14.5 Å². The van der Waals surface area contributed by atoms with Crippen LogP contribution in [0.2, 0.25) is 25.7 Å². The van der Waals surface area contributed by atoms with Crippen molar-refractivity contribution in [1.82, 2.24) is 29.4 Å². The molecule has 210 valence electrons. The lowest BCUT2D eigenvalue weighted by Crippen LogP contribution is -2.28. The van der Waals surface area contributed by atoms with Crippen LogP contribution in [0.3, 0.4) is 0 Å². The van der Waals surface area contributed by atoms with Crippen LogP contribution in [0.5, 0.6) is 0 Å². The van der Waals surface area contributed by atoms with Gasteiger partial charge in [0.2, 0.25) is 0 Å². The molecule has 0 N–H and O–H groups in total. The maximum atomic E-state index is 15.4. The number of hydrogen-bond donors (Lipinski definition) is 0. The fourth-order valence-corrected chi connectivity index (χ4v) is 5.43. The SMILES string of the molecule is C[Si](C)(C)CCOCn1cnc(-c2ccc(-c3cnn4ccc(N5C(=O)OC[C@@H]5c5ccccc5)nc34)cc2F)n1. The number of aromatic nitrogens is 6. The van der Waals surface area contributed by atoms with Crippen molar-refractivity contribution in [2.45, 2.75) is 38.5 Å². The van der Waals surface area contributed by atoms with E-state index >= 15 is 4.39 Å². The Morgan fingerprint density at radius 1 is 1.10 bits per heavy atom. The average Bonchev–Trinajstić information content (AvgIpc) is 3.69. The first kappa shape index (κ1) is 26.8. The molecule has 1 aliphatic rings. The highest BCUT2D eigenvalue weighted by Crippen LogP contribution is 2.34. The first-order chi connectivity index (χ1) is 19.8. The zero-order valence-corrected chi connectivity index (χ0v) is 24.1. The summed E-state index contributed by atoms with van der Waals surface area (Å²) in [5.74, 6) is 0.236. The van der Waals surface area contributed by atoms with Gasteiger partial charge in [-0.3, -0.25) is 4.90 Å². The third-order valence-electron chi connectivity index (χ3n) is 6.94. The third-order valence-corrected chi connectivity index (χ3v) is 8.64.